The lowest BCUT2D eigenvalue weighted by Crippen LogP contribution is -2.27. The van der Waals surface area contributed by atoms with Gasteiger partial charge in [-0.3, -0.25) is 0 Å². The van der Waals surface area contributed by atoms with Crippen LogP contribution in [0.25, 0.3) is 44.2 Å². The lowest BCUT2D eigenvalue weighted by Gasteiger charge is -2.35. The van der Waals surface area contributed by atoms with E-state index in [0.717, 1.165) is 0 Å². The van der Waals surface area contributed by atoms with E-state index in [1.165, 1.54) is 60.2 Å². The van der Waals surface area contributed by atoms with E-state index in [9.17, 15) is 0 Å². The van der Waals surface area contributed by atoms with Crippen molar-refractivity contribution < 1.29 is 0 Å². The lowest BCUT2D eigenvalue weighted by atomic mass is 9.76. The van der Waals surface area contributed by atoms with E-state index >= 15 is 0 Å². The van der Waals surface area contributed by atoms with Gasteiger partial charge >= 0.3 is 0 Å². The van der Waals surface area contributed by atoms with Crippen LogP contribution >= 0.6 is 11.8 Å². The monoisotopic (exact) mass is 517 g/mol. The fourth-order valence-electron chi connectivity index (χ4n) is 6.63. The number of hydrogen-bond donors (Lipinski definition) is 0. The average molecular weight is 518 g/mol. The molecule has 0 fully saturated rings. The maximum atomic E-state index is 2.41. The van der Waals surface area contributed by atoms with Crippen LogP contribution in [0.4, 0.5) is 0 Å². The molecule has 2 heteroatoms. The topological polar surface area (TPSA) is 4.93 Å². The molecular weight excluding hydrogens is 490 g/mol. The Labute approximate surface area is 233 Å². The van der Waals surface area contributed by atoms with Crippen LogP contribution in [0.2, 0.25) is 0 Å². The first kappa shape index (κ1) is 22.7. The van der Waals surface area contributed by atoms with Crippen molar-refractivity contribution in [2.24, 2.45) is 0 Å². The lowest BCUT2D eigenvalue weighted by molar-refractivity contribution is 0.718. The second-order valence-electron chi connectivity index (χ2n) is 10.7. The molecule has 0 spiro atoms. The predicted molar refractivity (Wildman–Crippen MR) is 167 cm³/mol. The van der Waals surface area contributed by atoms with Gasteiger partial charge in [-0.05, 0) is 71.1 Å². The summed E-state index contributed by atoms with van der Waals surface area (Å²) in [5.41, 5.74) is 10.3. The minimum atomic E-state index is -0.0120. The van der Waals surface area contributed by atoms with Gasteiger partial charge in [0.25, 0.3) is 0 Å². The third-order valence-corrected chi connectivity index (χ3v) is 9.95. The van der Waals surface area contributed by atoms with E-state index in [0.29, 0.717) is 5.92 Å². The molecule has 0 N–H and O–H groups in total. The van der Waals surface area contributed by atoms with Gasteiger partial charge in [0.2, 0.25) is 0 Å². The summed E-state index contributed by atoms with van der Waals surface area (Å²) in [5.74, 6) is 0.390. The fourth-order valence-corrected chi connectivity index (χ4v) is 8.18. The zero-order chi connectivity index (χ0) is 26.0. The molecule has 186 valence electrons. The molecule has 2 aliphatic rings. The summed E-state index contributed by atoms with van der Waals surface area (Å²) in [4.78, 5) is 1.40. The number of hydrogen-bond acceptors (Lipinski definition) is 1. The smallest absolute Gasteiger partial charge is 0.0541 e. The minimum Gasteiger partial charge on any atom is -0.309 e. The SMILES string of the molecule is CC12Sc3ccccc3C1C=CC=C2c1cccc(-c2cccc(-n3c4ccccc4c4ccccc43)c2)c1. The molecule has 5 aromatic carbocycles. The summed E-state index contributed by atoms with van der Waals surface area (Å²) in [5, 5.41) is 2.58. The summed E-state index contributed by atoms with van der Waals surface area (Å²) in [6.07, 6.45) is 6.95. The van der Waals surface area contributed by atoms with Crippen molar-refractivity contribution >= 4 is 39.1 Å². The van der Waals surface area contributed by atoms with Crippen molar-refractivity contribution in [2.75, 3.05) is 0 Å². The van der Waals surface area contributed by atoms with Gasteiger partial charge < -0.3 is 4.57 Å². The largest absolute Gasteiger partial charge is 0.309 e. The van der Waals surface area contributed by atoms with Crippen LogP contribution < -0.4 is 0 Å². The van der Waals surface area contributed by atoms with E-state index in [4.69, 9.17) is 0 Å². The third kappa shape index (κ3) is 3.41. The molecule has 0 bridgehead atoms. The summed E-state index contributed by atoms with van der Waals surface area (Å²) < 4.78 is 2.38. The quantitative estimate of drug-likeness (QED) is 0.226. The molecule has 2 unspecified atom stereocenters. The van der Waals surface area contributed by atoms with Crippen molar-refractivity contribution in [3.8, 4) is 16.8 Å². The molecule has 1 nitrogen and oxygen atoms in total. The minimum absolute atomic E-state index is 0.0120. The van der Waals surface area contributed by atoms with Crippen LogP contribution in [0.15, 0.2) is 144 Å². The predicted octanol–water partition coefficient (Wildman–Crippen LogP) is 10.1. The van der Waals surface area contributed by atoms with Gasteiger partial charge in [0.15, 0.2) is 0 Å². The Morgan fingerprint density at radius 2 is 1.28 bits per heavy atom. The van der Waals surface area contributed by atoms with Crippen molar-refractivity contribution in [3.05, 3.63) is 151 Å². The first-order valence-electron chi connectivity index (χ1n) is 13.6. The number of nitrogens with zero attached hydrogens (tertiary/aromatic N) is 1. The van der Waals surface area contributed by atoms with Gasteiger partial charge in [0.1, 0.15) is 0 Å². The molecule has 0 saturated heterocycles. The van der Waals surface area contributed by atoms with Crippen LogP contribution in [0.5, 0.6) is 0 Å². The Morgan fingerprint density at radius 3 is 2.08 bits per heavy atom. The first-order chi connectivity index (χ1) is 19.2. The number of benzene rings is 5. The number of allylic oxidation sites excluding steroid dienone is 3. The van der Waals surface area contributed by atoms with E-state index < -0.39 is 0 Å². The van der Waals surface area contributed by atoms with Crippen LogP contribution in [0.3, 0.4) is 0 Å². The fraction of sp³-hybridized carbons (Fsp3) is 0.0811. The number of thioether (sulfide) groups is 1. The highest BCUT2D eigenvalue weighted by atomic mass is 32.2. The number of aromatic nitrogens is 1. The number of fused-ring (bicyclic) bond motifs is 6. The Bertz CT molecular complexity index is 1920. The highest BCUT2D eigenvalue weighted by molar-refractivity contribution is 8.01. The molecule has 0 amide bonds. The average Bonchev–Trinajstić information content (AvgIpc) is 3.49. The molecule has 0 saturated carbocycles. The van der Waals surface area contributed by atoms with Crippen molar-refractivity contribution in [1.29, 1.82) is 0 Å². The molecule has 8 rings (SSSR count). The summed E-state index contributed by atoms with van der Waals surface area (Å²) in [6, 6.07) is 44.4. The third-order valence-electron chi connectivity index (χ3n) is 8.46. The van der Waals surface area contributed by atoms with Crippen LogP contribution in [-0.4, -0.2) is 9.31 Å². The maximum absolute atomic E-state index is 2.41. The normalized spacial score (nSPS) is 19.7. The van der Waals surface area contributed by atoms with E-state index in [-0.39, 0.29) is 4.75 Å². The highest BCUT2D eigenvalue weighted by Crippen LogP contribution is 2.60. The molecule has 39 heavy (non-hydrogen) atoms. The maximum Gasteiger partial charge on any atom is 0.0541 e. The van der Waals surface area contributed by atoms with E-state index in [2.05, 4.69) is 151 Å². The van der Waals surface area contributed by atoms with Gasteiger partial charge in [0.05, 0.1) is 15.8 Å². The molecular formula is C37H27NS. The first-order valence-corrected chi connectivity index (χ1v) is 14.4. The van der Waals surface area contributed by atoms with E-state index in [1.807, 2.05) is 11.8 Å². The van der Waals surface area contributed by atoms with E-state index in [1.54, 1.807) is 0 Å². The Morgan fingerprint density at radius 1 is 0.641 bits per heavy atom. The van der Waals surface area contributed by atoms with Gasteiger partial charge in [-0.1, -0.05) is 103 Å². The molecule has 2 heterocycles. The van der Waals surface area contributed by atoms with Crippen LogP contribution in [0.1, 0.15) is 24.0 Å². The van der Waals surface area contributed by atoms with Gasteiger partial charge in [-0.25, -0.2) is 0 Å². The second-order valence-corrected chi connectivity index (χ2v) is 12.2. The van der Waals surface area contributed by atoms with Crippen LogP contribution in [-0.2, 0) is 0 Å². The Kier molecular flexibility index (Phi) is 5.02. The number of para-hydroxylation sites is 2. The van der Waals surface area contributed by atoms with Gasteiger partial charge in [-0.2, -0.15) is 0 Å². The highest BCUT2D eigenvalue weighted by Gasteiger charge is 2.46. The Balaban J connectivity index is 1.23. The molecule has 1 aliphatic heterocycles. The van der Waals surface area contributed by atoms with Crippen molar-refractivity contribution in [2.45, 2.75) is 22.5 Å². The summed E-state index contributed by atoms with van der Waals surface area (Å²) >= 11 is 2.01. The van der Waals surface area contributed by atoms with Crippen molar-refractivity contribution in [3.63, 3.8) is 0 Å². The second kappa shape index (κ2) is 8.62. The number of rotatable bonds is 3. The molecule has 2 atom stereocenters. The molecule has 1 aromatic heterocycles. The zero-order valence-electron chi connectivity index (χ0n) is 21.7. The van der Waals surface area contributed by atoms with Gasteiger partial charge in [0, 0.05) is 27.3 Å². The molecule has 0 radical (unpaired) electrons. The molecule has 6 aromatic rings. The summed E-state index contributed by atoms with van der Waals surface area (Å²) in [7, 11) is 0. The zero-order valence-corrected chi connectivity index (χ0v) is 22.5. The molecule has 1 aliphatic carbocycles. The van der Waals surface area contributed by atoms with Crippen LogP contribution in [0, 0.1) is 0 Å². The standard InChI is InChI=1S/C37H27NS/c1-37-32(18-10-19-33(37)31-17-4-7-22-36(31)39-37)27-13-8-11-25(23-27)26-12-9-14-28(24-26)38-34-20-5-2-15-29(34)30-16-3-6-21-35(30)38/h2-24,33H,1H3. The van der Waals surface area contributed by atoms with Crippen molar-refractivity contribution in [1.82, 2.24) is 4.57 Å². The summed E-state index contributed by atoms with van der Waals surface area (Å²) in [6.45, 7) is 2.41. The Hall–Kier alpha value is -4.27. The van der Waals surface area contributed by atoms with Gasteiger partial charge in [-0.15, -0.1) is 11.8 Å².